The number of nitrogens with zero attached hydrogens (tertiary/aromatic N) is 1. The molecular weight excluding hydrogens is 197 g/mol. The fraction of sp³-hybridized carbons (Fsp3) is 0.909. The van der Waals surface area contributed by atoms with Gasteiger partial charge in [-0.2, -0.15) is 0 Å². The Labute approximate surface area is 90.6 Å². The number of likely N-dealkylation sites (tertiary alicyclic amines) is 1. The Morgan fingerprint density at radius 2 is 2.07 bits per heavy atom. The highest BCUT2D eigenvalue weighted by atomic mass is 19.1. The van der Waals surface area contributed by atoms with Crippen molar-refractivity contribution in [3.63, 3.8) is 0 Å². The molecule has 0 aromatic heterocycles. The maximum Gasteiger partial charge on any atom is 0.410 e. The van der Waals surface area contributed by atoms with Crippen LogP contribution in [0.5, 0.6) is 0 Å². The molecule has 0 aromatic rings. The number of ether oxygens (including phenoxy) is 1. The molecule has 0 radical (unpaired) electrons. The summed E-state index contributed by atoms with van der Waals surface area (Å²) in [5.41, 5.74) is -0.507. The molecule has 0 aliphatic carbocycles. The van der Waals surface area contributed by atoms with E-state index in [9.17, 15) is 9.18 Å². The maximum absolute atomic E-state index is 13.4. The van der Waals surface area contributed by atoms with Gasteiger partial charge in [0.2, 0.25) is 0 Å². The lowest BCUT2D eigenvalue weighted by Crippen LogP contribution is -2.35. The zero-order chi connectivity index (χ0) is 11.6. The molecule has 88 valence electrons. The average Bonchev–Trinajstić information content (AvgIpc) is 2.43. The number of hydrogen-bond donors (Lipinski definition) is 0. The fourth-order valence-corrected chi connectivity index (χ4v) is 1.69. The number of alkyl halides is 1. The van der Waals surface area contributed by atoms with Crippen molar-refractivity contribution in [2.75, 3.05) is 13.1 Å². The van der Waals surface area contributed by atoms with E-state index in [0.29, 0.717) is 6.54 Å². The first kappa shape index (κ1) is 12.3. The lowest BCUT2D eigenvalue weighted by atomic mass is 10.1. The van der Waals surface area contributed by atoms with Gasteiger partial charge in [-0.1, -0.05) is 6.92 Å². The number of carbonyl (C=O) groups is 1. The molecule has 0 bridgehead atoms. The minimum absolute atomic E-state index is 0.0301. The van der Waals surface area contributed by atoms with E-state index in [4.69, 9.17) is 4.74 Å². The third-order valence-electron chi connectivity index (χ3n) is 2.54. The fourth-order valence-electron chi connectivity index (χ4n) is 1.69. The van der Waals surface area contributed by atoms with Crippen molar-refractivity contribution >= 4 is 6.09 Å². The summed E-state index contributed by atoms with van der Waals surface area (Å²) in [5, 5.41) is 0. The van der Waals surface area contributed by atoms with Crippen LogP contribution in [-0.2, 0) is 4.74 Å². The van der Waals surface area contributed by atoms with Crippen molar-refractivity contribution in [1.29, 1.82) is 0 Å². The van der Waals surface area contributed by atoms with E-state index in [-0.39, 0.29) is 12.5 Å². The summed E-state index contributed by atoms with van der Waals surface area (Å²) in [6.45, 7) is 8.03. The van der Waals surface area contributed by atoms with Crippen molar-refractivity contribution in [2.24, 2.45) is 5.92 Å². The number of rotatable bonds is 1. The van der Waals surface area contributed by atoms with Crippen LogP contribution in [0.2, 0.25) is 0 Å². The topological polar surface area (TPSA) is 29.5 Å². The van der Waals surface area contributed by atoms with Gasteiger partial charge in [0.25, 0.3) is 0 Å². The maximum atomic E-state index is 13.4. The summed E-state index contributed by atoms with van der Waals surface area (Å²) in [7, 11) is 0. The first-order valence-electron chi connectivity index (χ1n) is 5.45. The van der Waals surface area contributed by atoms with Crippen LogP contribution in [0.3, 0.4) is 0 Å². The molecule has 1 fully saturated rings. The normalized spacial score (nSPS) is 26.9. The van der Waals surface area contributed by atoms with Crippen molar-refractivity contribution < 1.29 is 13.9 Å². The van der Waals surface area contributed by atoms with E-state index in [1.807, 2.05) is 27.7 Å². The molecule has 0 saturated carbocycles. The van der Waals surface area contributed by atoms with Gasteiger partial charge in [0.15, 0.2) is 0 Å². The first-order valence-corrected chi connectivity index (χ1v) is 5.45. The number of hydrogen-bond acceptors (Lipinski definition) is 2. The Kier molecular flexibility index (Phi) is 3.58. The molecule has 0 aromatic carbocycles. The summed E-state index contributed by atoms with van der Waals surface area (Å²) in [6, 6.07) is 0. The van der Waals surface area contributed by atoms with E-state index >= 15 is 0 Å². The minimum Gasteiger partial charge on any atom is -0.444 e. The SMILES string of the molecule is CC[C@H]1CN(C(=O)OC(C)(C)C)C[C@@H]1F. The molecular formula is C11H20FNO2. The predicted molar refractivity (Wildman–Crippen MR) is 56.5 cm³/mol. The highest BCUT2D eigenvalue weighted by Crippen LogP contribution is 2.24. The zero-order valence-corrected chi connectivity index (χ0v) is 9.92. The third kappa shape index (κ3) is 3.36. The van der Waals surface area contributed by atoms with E-state index in [1.54, 1.807) is 0 Å². The third-order valence-corrected chi connectivity index (χ3v) is 2.54. The van der Waals surface area contributed by atoms with E-state index in [2.05, 4.69) is 0 Å². The van der Waals surface area contributed by atoms with Crippen LogP contribution in [-0.4, -0.2) is 35.9 Å². The van der Waals surface area contributed by atoms with Crippen molar-refractivity contribution in [1.82, 2.24) is 4.90 Å². The molecule has 1 amide bonds. The van der Waals surface area contributed by atoms with E-state index < -0.39 is 17.9 Å². The smallest absolute Gasteiger partial charge is 0.410 e. The van der Waals surface area contributed by atoms with Gasteiger partial charge in [0.1, 0.15) is 11.8 Å². The second-order valence-corrected chi connectivity index (χ2v) is 5.07. The predicted octanol–water partition coefficient (Wildman–Crippen LogP) is 2.60. The van der Waals surface area contributed by atoms with Gasteiger partial charge in [-0.05, 0) is 27.2 Å². The molecule has 1 aliphatic heterocycles. The van der Waals surface area contributed by atoms with Gasteiger partial charge in [0.05, 0.1) is 6.54 Å². The van der Waals surface area contributed by atoms with Crippen LogP contribution in [0.25, 0.3) is 0 Å². The monoisotopic (exact) mass is 217 g/mol. The molecule has 4 heteroatoms. The minimum atomic E-state index is -0.900. The summed E-state index contributed by atoms with van der Waals surface area (Å²) in [6.07, 6.45) is -0.538. The number of carbonyl (C=O) groups excluding carboxylic acids is 1. The molecule has 15 heavy (non-hydrogen) atoms. The van der Waals surface area contributed by atoms with Crippen LogP contribution in [0.4, 0.5) is 9.18 Å². The molecule has 0 N–H and O–H groups in total. The molecule has 3 nitrogen and oxygen atoms in total. The van der Waals surface area contributed by atoms with Gasteiger partial charge >= 0.3 is 6.09 Å². The summed E-state index contributed by atoms with van der Waals surface area (Å²) < 4.78 is 18.6. The highest BCUT2D eigenvalue weighted by Gasteiger charge is 2.36. The standard InChI is InChI=1S/C11H20FNO2/c1-5-8-6-13(7-9(8)12)10(14)15-11(2,3)4/h8-9H,5-7H2,1-4H3/t8-,9-/m0/s1. The molecule has 1 saturated heterocycles. The molecule has 1 rings (SSSR count). The quantitative estimate of drug-likeness (QED) is 0.675. The van der Waals surface area contributed by atoms with Gasteiger partial charge in [-0.25, -0.2) is 9.18 Å². The van der Waals surface area contributed by atoms with Gasteiger partial charge < -0.3 is 9.64 Å². The molecule has 1 aliphatic rings. The Hall–Kier alpha value is -0.800. The van der Waals surface area contributed by atoms with Crippen LogP contribution in [0.15, 0.2) is 0 Å². The summed E-state index contributed by atoms with van der Waals surface area (Å²) in [4.78, 5) is 13.1. The Morgan fingerprint density at radius 3 is 2.47 bits per heavy atom. The Bertz CT molecular complexity index is 237. The van der Waals surface area contributed by atoms with E-state index in [1.165, 1.54) is 4.90 Å². The van der Waals surface area contributed by atoms with Crippen LogP contribution >= 0.6 is 0 Å². The van der Waals surface area contributed by atoms with Crippen LogP contribution < -0.4 is 0 Å². The Morgan fingerprint density at radius 1 is 1.47 bits per heavy atom. The number of amides is 1. The lowest BCUT2D eigenvalue weighted by Gasteiger charge is -2.24. The lowest BCUT2D eigenvalue weighted by molar-refractivity contribution is 0.0281. The van der Waals surface area contributed by atoms with Crippen LogP contribution in [0.1, 0.15) is 34.1 Å². The van der Waals surface area contributed by atoms with Gasteiger partial charge in [-0.3, -0.25) is 0 Å². The second kappa shape index (κ2) is 4.37. The summed E-state index contributed by atoms with van der Waals surface area (Å²) >= 11 is 0. The van der Waals surface area contributed by atoms with Crippen molar-refractivity contribution in [3.05, 3.63) is 0 Å². The largest absolute Gasteiger partial charge is 0.444 e. The van der Waals surface area contributed by atoms with Gasteiger partial charge in [0, 0.05) is 12.5 Å². The average molecular weight is 217 g/mol. The molecule has 1 heterocycles. The first-order chi connectivity index (χ1) is 6.83. The van der Waals surface area contributed by atoms with Crippen molar-refractivity contribution in [3.8, 4) is 0 Å². The number of halogens is 1. The van der Waals surface area contributed by atoms with Crippen LogP contribution in [0, 0.1) is 5.92 Å². The molecule has 2 atom stereocenters. The Balaban J connectivity index is 2.50. The molecule has 0 unspecified atom stereocenters. The zero-order valence-electron chi connectivity index (χ0n) is 9.92. The van der Waals surface area contributed by atoms with Gasteiger partial charge in [-0.15, -0.1) is 0 Å². The van der Waals surface area contributed by atoms with Crippen molar-refractivity contribution in [2.45, 2.75) is 45.9 Å². The van der Waals surface area contributed by atoms with E-state index in [0.717, 1.165) is 6.42 Å². The highest BCUT2D eigenvalue weighted by molar-refractivity contribution is 5.68. The molecule has 0 spiro atoms. The summed E-state index contributed by atoms with van der Waals surface area (Å²) in [5.74, 6) is -0.0301. The second-order valence-electron chi connectivity index (χ2n) is 5.07.